The van der Waals surface area contributed by atoms with Crippen LogP contribution < -0.4 is 10.6 Å². The lowest BCUT2D eigenvalue weighted by atomic mass is 10.1. The molecule has 0 radical (unpaired) electrons. The van der Waals surface area contributed by atoms with Gasteiger partial charge in [-0.1, -0.05) is 42.5 Å². The van der Waals surface area contributed by atoms with Crippen molar-refractivity contribution < 1.29 is 14.7 Å². The molecule has 3 rings (SSSR count). The number of rotatable bonds is 2. The predicted octanol–water partition coefficient (Wildman–Crippen LogP) is 1.71. The number of carbonyl (C=O) groups excluding carboxylic acids is 2. The van der Waals surface area contributed by atoms with Gasteiger partial charge in [0.05, 0.1) is 12.1 Å². The quantitative estimate of drug-likeness (QED) is 0.739. The van der Waals surface area contributed by atoms with Gasteiger partial charge < -0.3 is 15.7 Å². The lowest BCUT2D eigenvalue weighted by Crippen LogP contribution is -2.40. The Morgan fingerprint density at radius 1 is 1.04 bits per heavy atom. The minimum atomic E-state index is -0.756. The Balaban J connectivity index is 1.70. The van der Waals surface area contributed by atoms with Gasteiger partial charge >= 0.3 is 11.8 Å². The number of aliphatic hydroxyl groups is 1. The normalized spacial score (nSPS) is 19.0. The summed E-state index contributed by atoms with van der Waals surface area (Å²) in [5.41, 5.74) is 3.32. The number of carbonyl (C=O) groups is 2. The van der Waals surface area contributed by atoms with Gasteiger partial charge in [-0.25, -0.2) is 0 Å². The van der Waals surface area contributed by atoms with Crippen LogP contribution in [0.4, 0.5) is 5.69 Å². The smallest absolute Gasteiger partial charge is 0.313 e. The van der Waals surface area contributed by atoms with E-state index in [1.54, 1.807) is 12.1 Å². The maximum Gasteiger partial charge on any atom is 0.313 e. The number of fused-ring (bicyclic) bond motifs is 1. The molecule has 0 aliphatic heterocycles. The molecule has 0 fully saturated rings. The third kappa shape index (κ3) is 3.10. The molecule has 0 spiro atoms. The Labute approximate surface area is 134 Å². The fourth-order valence-corrected chi connectivity index (χ4v) is 2.85. The lowest BCUT2D eigenvalue weighted by Gasteiger charge is -2.17. The van der Waals surface area contributed by atoms with Crippen LogP contribution in [-0.4, -0.2) is 23.0 Å². The van der Waals surface area contributed by atoms with Gasteiger partial charge in [-0.3, -0.25) is 9.59 Å². The molecule has 2 atom stereocenters. The van der Waals surface area contributed by atoms with Crippen molar-refractivity contribution in [2.75, 3.05) is 5.32 Å². The van der Waals surface area contributed by atoms with Crippen molar-refractivity contribution in [3.05, 3.63) is 65.2 Å². The summed E-state index contributed by atoms with van der Waals surface area (Å²) < 4.78 is 0. The summed E-state index contributed by atoms with van der Waals surface area (Å²) in [7, 11) is 0. The number of para-hydroxylation sites is 1. The molecule has 2 aromatic carbocycles. The van der Waals surface area contributed by atoms with Crippen LogP contribution >= 0.6 is 0 Å². The second kappa shape index (κ2) is 6.22. The summed E-state index contributed by atoms with van der Waals surface area (Å²) in [5, 5.41) is 15.3. The number of benzene rings is 2. The molecule has 1 aliphatic carbocycles. The number of hydrogen-bond donors (Lipinski definition) is 3. The highest BCUT2D eigenvalue weighted by Gasteiger charge is 2.33. The monoisotopic (exact) mass is 310 g/mol. The second-order valence-electron chi connectivity index (χ2n) is 5.69. The second-order valence-corrected chi connectivity index (χ2v) is 5.69. The fourth-order valence-electron chi connectivity index (χ4n) is 2.85. The summed E-state index contributed by atoms with van der Waals surface area (Å²) >= 11 is 0. The summed E-state index contributed by atoms with van der Waals surface area (Å²) in [6.45, 7) is 1.85. The van der Waals surface area contributed by atoms with E-state index in [1.165, 1.54) is 0 Å². The van der Waals surface area contributed by atoms with Crippen LogP contribution in [-0.2, 0) is 16.0 Å². The molecule has 0 saturated carbocycles. The first-order valence-electron chi connectivity index (χ1n) is 7.49. The van der Waals surface area contributed by atoms with Crippen molar-refractivity contribution in [3.63, 3.8) is 0 Å². The zero-order valence-corrected chi connectivity index (χ0v) is 12.7. The Bertz CT molecular complexity index is 757. The highest BCUT2D eigenvalue weighted by Crippen LogP contribution is 2.31. The van der Waals surface area contributed by atoms with Gasteiger partial charge in [0.15, 0.2) is 0 Å². The van der Waals surface area contributed by atoms with Crippen molar-refractivity contribution in [1.29, 1.82) is 0 Å². The van der Waals surface area contributed by atoms with Crippen LogP contribution in [0.2, 0.25) is 0 Å². The Morgan fingerprint density at radius 2 is 1.74 bits per heavy atom. The van der Waals surface area contributed by atoms with E-state index in [9.17, 15) is 14.7 Å². The molecular weight excluding hydrogens is 292 g/mol. The van der Waals surface area contributed by atoms with Gasteiger partial charge in [0.1, 0.15) is 0 Å². The number of aliphatic hydroxyl groups excluding tert-OH is 1. The molecule has 0 aromatic heterocycles. The topological polar surface area (TPSA) is 78.4 Å². The summed E-state index contributed by atoms with van der Waals surface area (Å²) in [5.74, 6) is -1.50. The van der Waals surface area contributed by atoms with Gasteiger partial charge in [0.25, 0.3) is 0 Å². The highest BCUT2D eigenvalue weighted by atomic mass is 16.3. The van der Waals surface area contributed by atoms with Crippen molar-refractivity contribution in [1.82, 2.24) is 5.32 Å². The maximum atomic E-state index is 12.1. The molecule has 2 amide bonds. The first-order chi connectivity index (χ1) is 11.1. The van der Waals surface area contributed by atoms with Gasteiger partial charge in [-0.15, -0.1) is 0 Å². The summed E-state index contributed by atoms with van der Waals surface area (Å²) in [6, 6.07) is 14.2. The van der Waals surface area contributed by atoms with E-state index in [0.717, 1.165) is 16.7 Å². The predicted molar refractivity (Wildman–Crippen MR) is 86.8 cm³/mol. The van der Waals surface area contributed by atoms with Gasteiger partial charge in [-0.2, -0.15) is 0 Å². The van der Waals surface area contributed by atoms with Crippen LogP contribution in [0.15, 0.2) is 48.5 Å². The lowest BCUT2D eigenvalue weighted by molar-refractivity contribution is -0.137. The average molecular weight is 310 g/mol. The molecule has 0 bridgehead atoms. The first-order valence-corrected chi connectivity index (χ1v) is 7.49. The summed E-state index contributed by atoms with van der Waals surface area (Å²) in [6.07, 6.45) is -0.247. The van der Waals surface area contributed by atoms with Crippen LogP contribution in [0.5, 0.6) is 0 Å². The zero-order chi connectivity index (χ0) is 16.4. The number of aryl methyl sites for hydroxylation is 1. The largest absolute Gasteiger partial charge is 0.390 e. The van der Waals surface area contributed by atoms with E-state index in [1.807, 2.05) is 43.3 Å². The minimum absolute atomic E-state index is 0.473. The molecule has 2 unspecified atom stereocenters. The van der Waals surface area contributed by atoms with Crippen molar-refractivity contribution in [2.45, 2.75) is 25.5 Å². The van der Waals surface area contributed by atoms with E-state index in [0.29, 0.717) is 12.1 Å². The summed E-state index contributed by atoms with van der Waals surface area (Å²) in [4.78, 5) is 24.2. The molecule has 0 heterocycles. The molecular formula is C18H18N2O3. The van der Waals surface area contributed by atoms with E-state index >= 15 is 0 Å². The third-order valence-electron chi connectivity index (χ3n) is 4.09. The first kappa shape index (κ1) is 15.2. The van der Waals surface area contributed by atoms with Crippen LogP contribution in [0.3, 0.4) is 0 Å². The van der Waals surface area contributed by atoms with Gasteiger partial charge in [-0.05, 0) is 29.7 Å². The molecule has 5 nitrogen and oxygen atoms in total. The van der Waals surface area contributed by atoms with Crippen LogP contribution in [0, 0.1) is 6.92 Å². The van der Waals surface area contributed by atoms with Crippen LogP contribution in [0.1, 0.15) is 22.7 Å². The molecule has 5 heteroatoms. The zero-order valence-electron chi connectivity index (χ0n) is 12.7. The molecule has 3 N–H and O–H groups in total. The molecule has 23 heavy (non-hydrogen) atoms. The Morgan fingerprint density at radius 3 is 2.52 bits per heavy atom. The molecule has 2 aromatic rings. The average Bonchev–Trinajstić information content (AvgIpc) is 2.85. The van der Waals surface area contributed by atoms with E-state index in [4.69, 9.17) is 0 Å². The molecule has 0 saturated heterocycles. The van der Waals surface area contributed by atoms with E-state index < -0.39 is 24.0 Å². The number of amides is 2. The van der Waals surface area contributed by atoms with Crippen LogP contribution in [0.25, 0.3) is 0 Å². The SMILES string of the molecule is Cc1ccccc1NC(=O)C(=O)NC1c2ccccc2CC1O. The van der Waals surface area contributed by atoms with Gasteiger partial charge in [0, 0.05) is 12.1 Å². The molecule has 1 aliphatic rings. The van der Waals surface area contributed by atoms with E-state index in [2.05, 4.69) is 10.6 Å². The number of anilines is 1. The molecule has 118 valence electrons. The highest BCUT2D eigenvalue weighted by molar-refractivity contribution is 6.39. The van der Waals surface area contributed by atoms with E-state index in [-0.39, 0.29) is 0 Å². The minimum Gasteiger partial charge on any atom is -0.390 e. The Hall–Kier alpha value is -2.66. The Kier molecular flexibility index (Phi) is 4.12. The van der Waals surface area contributed by atoms with Crippen molar-refractivity contribution >= 4 is 17.5 Å². The standard InChI is InChI=1S/C18H18N2O3/c1-11-6-2-5-9-14(11)19-17(22)18(23)20-16-13-8-4-3-7-12(13)10-15(16)21/h2-9,15-16,21H,10H2,1H3,(H,19,22)(H,20,23). The number of nitrogens with one attached hydrogen (secondary N) is 2. The van der Waals surface area contributed by atoms with Crippen molar-refractivity contribution in [3.8, 4) is 0 Å². The fraction of sp³-hybridized carbons (Fsp3) is 0.222. The maximum absolute atomic E-state index is 12.1. The van der Waals surface area contributed by atoms with Crippen molar-refractivity contribution in [2.24, 2.45) is 0 Å². The third-order valence-corrected chi connectivity index (χ3v) is 4.09. The van der Waals surface area contributed by atoms with Gasteiger partial charge in [0.2, 0.25) is 0 Å². The number of hydrogen-bond acceptors (Lipinski definition) is 3.